The quantitative estimate of drug-likeness (QED) is 0.745. The minimum absolute atomic E-state index is 0.217. The summed E-state index contributed by atoms with van der Waals surface area (Å²) in [5.74, 6) is -0.217. The Morgan fingerprint density at radius 2 is 1.68 bits per heavy atom. The molecule has 0 N–H and O–H groups in total. The van der Waals surface area contributed by atoms with E-state index >= 15 is 0 Å². The molecule has 2 heterocycles. The van der Waals surface area contributed by atoms with Crippen LogP contribution < -0.4 is 4.78 Å². The van der Waals surface area contributed by atoms with Crippen molar-refractivity contribution >= 4 is 33.3 Å². The molecule has 0 radical (unpaired) electrons. The van der Waals surface area contributed by atoms with Crippen LogP contribution >= 0.6 is 11.3 Å². The average molecular weight is 278 g/mol. The molecule has 5 heteroatoms. The Morgan fingerprint density at radius 3 is 2.32 bits per heavy atom. The molecule has 0 spiro atoms. The fourth-order valence-corrected chi connectivity index (χ4v) is 3.11. The predicted octanol–water partition coefficient (Wildman–Crippen LogP) is 3.34. The normalized spacial score (nSPS) is 21.2. The van der Waals surface area contributed by atoms with Crippen LogP contribution in [0.2, 0.25) is 0 Å². The van der Waals surface area contributed by atoms with Crippen molar-refractivity contribution < 1.29 is 13.7 Å². The smallest absolute Gasteiger partial charge is 0.399 e. The molecular formula is C14H16BFO2S. The molecule has 0 atom stereocenters. The van der Waals surface area contributed by atoms with Gasteiger partial charge in [0.15, 0.2) is 0 Å². The number of rotatable bonds is 1. The Labute approximate surface area is 116 Å². The maximum absolute atomic E-state index is 13.2. The van der Waals surface area contributed by atoms with Crippen LogP contribution in [0.4, 0.5) is 4.39 Å². The van der Waals surface area contributed by atoms with Crippen LogP contribution in [-0.2, 0) is 9.31 Å². The van der Waals surface area contributed by atoms with Gasteiger partial charge >= 0.3 is 7.12 Å². The first-order chi connectivity index (χ1) is 8.78. The molecule has 0 unspecified atom stereocenters. The molecule has 3 rings (SSSR count). The van der Waals surface area contributed by atoms with Gasteiger partial charge in [-0.3, -0.25) is 0 Å². The van der Waals surface area contributed by atoms with E-state index in [4.69, 9.17) is 9.31 Å². The van der Waals surface area contributed by atoms with Gasteiger partial charge in [0.2, 0.25) is 0 Å². The van der Waals surface area contributed by atoms with Crippen molar-refractivity contribution in [3.05, 3.63) is 30.1 Å². The van der Waals surface area contributed by atoms with Crippen LogP contribution in [0.5, 0.6) is 0 Å². The van der Waals surface area contributed by atoms with Crippen LogP contribution in [-0.4, -0.2) is 18.3 Å². The van der Waals surface area contributed by atoms with E-state index in [2.05, 4.69) is 0 Å². The van der Waals surface area contributed by atoms with Crippen LogP contribution in [0.3, 0.4) is 0 Å². The molecule has 1 aliphatic rings. The third-order valence-electron chi connectivity index (χ3n) is 3.98. The third kappa shape index (κ3) is 2.10. The number of hydrogen-bond acceptors (Lipinski definition) is 3. The summed E-state index contributed by atoms with van der Waals surface area (Å²) in [6.07, 6.45) is 0. The summed E-state index contributed by atoms with van der Waals surface area (Å²) in [4.78, 5) is 0. The number of halogens is 1. The molecule has 0 saturated carbocycles. The highest BCUT2D eigenvalue weighted by Crippen LogP contribution is 2.37. The Hall–Kier alpha value is -0.905. The van der Waals surface area contributed by atoms with Gasteiger partial charge in [0.05, 0.1) is 11.2 Å². The number of thiophene rings is 1. The van der Waals surface area contributed by atoms with Gasteiger partial charge in [-0.1, -0.05) is 0 Å². The maximum atomic E-state index is 13.2. The fourth-order valence-electron chi connectivity index (χ4n) is 2.11. The second-order valence-corrected chi connectivity index (χ2v) is 7.03. The second-order valence-electron chi connectivity index (χ2n) is 5.92. The lowest BCUT2D eigenvalue weighted by Crippen LogP contribution is -2.41. The SMILES string of the molecule is CC1(C)OB(c2cc3cc(F)ccc3s2)OC1(C)C. The molecule has 2 nitrogen and oxygen atoms in total. The van der Waals surface area contributed by atoms with Crippen molar-refractivity contribution in [2.75, 3.05) is 0 Å². The first-order valence-corrected chi connectivity index (χ1v) is 7.15. The van der Waals surface area contributed by atoms with E-state index in [1.54, 1.807) is 23.5 Å². The maximum Gasteiger partial charge on any atom is 0.505 e. The zero-order valence-corrected chi connectivity index (χ0v) is 12.3. The lowest BCUT2D eigenvalue weighted by Gasteiger charge is -2.32. The van der Waals surface area contributed by atoms with Gasteiger partial charge in [-0.05, 0) is 57.3 Å². The predicted molar refractivity (Wildman–Crippen MR) is 77.5 cm³/mol. The summed E-state index contributed by atoms with van der Waals surface area (Å²) in [7, 11) is -0.370. The summed E-state index contributed by atoms with van der Waals surface area (Å²) in [6, 6.07) is 6.77. The fraction of sp³-hybridized carbons (Fsp3) is 0.429. The monoisotopic (exact) mass is 278 g/mol. The molecule has 0 bridgehead atoms. The van der Waals surface area contributed by atoms with Crippen LogP contribution in [0.15, 0.2) is 24.3 Å². The highest BCUT2D eigenvalue weighted by Gasteiger charge is 2.52. The highest BCUT2D eigenvalue weighted by molar-refractivity contribution is 7.28. The van der Waals surface area contributed by atoms with E-state index in [1.165, 1.54) is 6.07 Å². The number of fused-ring (bicyclic) bond motifs is 1. The first kappa shape index (κ1) is 13.1. The van der Waals surface area contributed by atoms with Gasteiger partial charge in [0.1, 0.15) is 5.82 Å². The Morgan fingerprint density at radius 1 is 1.05 bits per heavy atom. The summed E-state index contributed by atoms with van der Waals surface area (Å²) >= 11 is 1.59. The second kappa shape index (κ2) is 4.04. The average Bonchev–Trinajstić information content (AvgIpc) is 2.78. The van der Waals surface area contributed by atoms with E-state index < -0.39 is 0 Å². The van der Waals surface area contributed by atoms with Crippen molar-refractivity contribution in [2.45, 2.75) is 38.9 Å². The van der Waals surface area contributed by atoms with E-state index in [0.717, 1.165) is 14.9 Å². The van der Waals surface area contributed by atoms with Gasteiger partial charge in [0, 0.05) is 9.48 Å². The Kier molecular flexibility index (Phi) is 2.79. The van der Waals surface area contributed by atoms with Gasteiger partial charge in [-0.15, -0.1) is 11.3 Å². The Bertz CT molecular complexity index is 619. The first-order valence-electron chi connectivity index (χ1n) is 6.33. The lowest BCUT2D eigenvalue weighted by molar-refractivity contribution is 0.00578. The highest BCUT2D eigenvalue weighted by atomic mass is 32.1. The summed E-state index contributed by atoms with van der Waals surface area (Å²) in [6.45, 7) is 8.11. The molecule has 0 amide bonds. The molecule has 1 saturated heterocycles. The summed E-state index contributed by atoms with van der Waals surface area (Å²) in [5, 5.41) is 0.898. The topological polar surface area (TPSA) is 18.5 Å². The molecule has 1 fully saturated rings. The van der Waals surface area contributed by atoms with Crippen molar-refractivity contribution in [1.29, 1.82) is 0 Å². The molecule has 19 heavy (non-hydrogen) atoms. The molecule has 100 valence electrons. The number of hydrogen-bond donors (Lipinski definition) is 0. The van der Waals surface area contributed by atoms with Crippen molar-refractivity contribution in [3.63, 3.8) is 0 Å². The van der Waals surface area contributed by atoms with Gasteiger partial charge < -0.3 is 9.31 Å². The molecule has 1 aromatic carbocycles. The van der Waals surface area contributed by atoms with Crippen LogP contribution in [0, 0.1) is 5.82 Å². The van der Waals surface area contributed by atoms with Crippen molar-refractivity contribution in [3.8, 4) is 0 Å². The molecular weight excluding hydrogens is 262 g/mol. The van der Waals surface area contributed by atoms with Crippen LogP contribution in [0.1, 0.15) is 27.7 Å². The molecule has 2 aromatic rings. The summed E-state index contributed by atoms with van der Waals surface area (Å²) < 4.78 is 27.3. The van der Waals surface area contributed by atoms with Gasteiger partial charge in [-0.25, -0.2) is 4.39 Å². The zero-order chi connectivity index (χ0) is 13.8. The largest absolute Gasteiger partial charge is 0.505 e. The molecule has 1 aromatic heterocycles. The summed E-state index contributed by atoms with van der Waals surface area (Å²) in [5.41, 5.74) is -0.696. The van der Waals surface area contributed by atoms with Crippen molar-refractivity contribution in [1.82, 2.24) is 0 Å². The minimum Gasteiger partial charge on any atom is -0.399 e. The van der Waals surface area contributed by atoms with E-state index in [9.17, 15) is 4.39 Å². The molecule has 0 aliphatic carbocycles. The molecule has 1 aliphatic heterocycles. The zero-order valence-electron chi connectivity index (χ0n) is 11.5. The minimum atomic E-state index is -0.370. The number of benzene rings is 1. The van der Waals surface area contributed by atoms with Crippen molar-refractivity contribution in [2.24, 2.45) is 0 Å². The Balaban J connectivity index is 1.98. The third-order valence-corrected chi connectivity index (χ3v) is 5.12. The van der Waals surface area contributed by atoms with E-state index in [1.807, 2.05) is 33.8 Å². The van der Waals surface area contributed by atoms with E-state index in [-0.39, 0.29) is 24.1 Å². The van der Waals surface area contributed by atoms with Gasteiger partial charge in [0.25, 0.3) is 0 Å². The standard InChI is InChI=1S/C14H16BFO2S/c1-13(2)14(3,4)18-15(17-13)12-8-9-7-10(16)5-6-11(9)19-12/h5-8H,1-4H3. The van der Waals surface area contributed by atoms with Gasteiger partial charge in [-0.2, -0.15) is 0 Å². The van der Waals surface area contributed by atoms with E-state index in [0.29, 0.717) is 0 Å². The lowest BCUT2D eigenvalue weighted by atomic mass is 9.87. The van der Waals surface area contributed by atoms with Crippen LogP contribution in [0.25, 0.3) is 10.1 Å².